The minimum Gasteiger partial charge on any atom is -0.505 e. The van der Waals surface area contributed by atoms with Crippen LogP contribution in [0.25, 0.3) is 22.2 Å². The lowest BCUT2D eigenvalue weighted by atomic mass is 10.0. The monoisotopic (exact) mass is 415 g/mol. The van der Waals surface area contributed by atoms with Gasteiger partial charge in [0.15, 0.2) is 5.13 Å². The van der Waals surface area contributed by atoms with Crippen LogP contribution < -0.4 is 5.32 Å². The van der Waals surface area contributed by atoms with Crippen molar-refractivity contribution in [1.29, 1.82) is 0 Å². The minimum atomic E-state index is -0.212. The van der Waals surface area contributed by atoms with Crippen LogP contribution >= 0.6 is 22.7 Å². The second-order valence-electron chi connectivity index (χ2n) is 6.58. The van der Waals surface area contributed by atoms with Gasteiger partial charge in [-0.2, -0.15) is 0 Å². The minimum absolute atomic E-state index is 0.203. The summed E-state index contributed by atoms with van der Waals surface area (Å²) >= 11 is 3.20. The highest BCUT2D eigenvalue weighted by molar-refractivity contribution is 7.14. The van der Waals surface area contributed by atoms with Crippen molar-refractivity contribution in [3.8, 4) is 17.0 Å². The summed E-state index contributed by atoms with van der Waals surface area (Å²) in [6.07, 6.45) is 1.70. The maximum atomic E-state index is 11.0. The Morgan fingerprint density at radius 3 is 2.62 bits per heavy atom. The molecule has 2 aromatic carbocycles. The maximum Gasteiger partial charge on any atom is 0.183 e. The molecule has 0 aliphatic rings. The van der Waals surface area contributed by atoms with Gasteiger partial charge in [-0.15, -0.1) is 22.7 Å². The quantitative estimate of drug-likeness (QED) is 0.352. The molecule has 0 saturated heterocycles. The number of thiophene rings is 1. The van der Waals surface area contributed by atoms with Crippen molar-refractivity contribution >= 4 is 38.7 Å². The first kappa shape index (κ1) is 17.8. The lowest BCUT2D eigenvalue weighted by Gasteiger charge is -2.19. The number of fused-ring (bicyclic) bond motifs is 1. The van der Waals surface area contributed by atoms with Gasteiger partial charge in [0.2, 0.25) is 0 Å². The van der Waals surface area contributed by atoms with E-state index in [4.69, 9.17) is 4.98 Å². The van der Waals surface area contributed by atoms with Gasteiger partial charge >= 0.3 is 0 Å². The number of phenolic OH excluding ortho intramolecular Hbond substituents is 1. The molecule has 3 heterocycles. The SMILES string of the molecule is Oc1c(C(Nc2nc(-c3ccccc3)cs2)c2cccs2)ccc2cccnc12. The normalized spacial score (nSPS) is 12.1. The van der Waals surface area contributed by atoms with Crippen molar-refractivity contribution in [3.05, 3.63) is 94.1 Å². The third kappa shape index (κ3) is 3.48. The Bertz CT molecular complexity index is 1250. The van der Waals surface area contributed by atoms with Crippen molar-refractivity contribution in [2.24, 2.45) is 0 Å². The fourth-order valence-electron chi connectivity index (χ4n) is 3.34. The van der Waals surface area contributed by atoms with E-state index in [1.807, 2.05) is 59.3 Å². The molecule has 5 aromatic rings. The van der Waals surface area contributed by atoms with Gasteiger partial charge in [0.05, 0.1) is 11.7 Å². The average molecular weight is 416 g/mol. The van der Waals surface area contributed by atoms with Gasteiger partial charge in [-0.25, -0.2) is 4.98 Å². The van der Waals surface area contributed by atoms with E-state index in [0.717, 1.165) is 32.2 Å². The summed E-state index contributed by atoms with van der Waals surface area (Å²) < 4.78 is 0. The summed E-state index contributed by atoms with van der Waals surface area (Å²) in [4.78, 5) is 10.2. The summed E-state index contributed by atoms with van der Waals surface area (Å²) in [5.41, 5.74) is 3.42. The number of aromatic nitrogens is 2. The molecule has 0 spiro atoms. The fraction of sp³-hybridized carbons (Fsp3) is 0.0435. The third-order valence-electron chi connectivity index (χ3n) is 4.76. The first-order valence-corrected chi connectivity index (χ1v) is 10.9. The van der Waals surface area contributed by atoms with Crippen LogP contribution in [-0.4, -0.2) is 15.1 Å². The van der Waals surface area contributed by atoms with Crippen LogP contribution in [-0.2, 0) is 0 Å². The molecule has 2 N–H and O–H groups in total. The van der Waals surface area contributed by atoms with Crippen LogP contribution in [0.5, 0.6) is 5.75 Å². The van der Waals surface area contributed by atoms with E-state index in [1.54, 1.807) is 28.9 Å². The number of pyridine rings is 1. The van der Waals surface area contributed by atoms with Crippen molar-refractivity contribution in [1.82, 2.24) is 9.97 Å². The van der Waals surface area contributed by atoms with E-state index in [9.17, 15) is 5.11 Å². The van der Waals surface area contributed by atoms with E-state index < -0.39 is 0 Å². The summed E-state index contributed by atoms with van der Waals surface area (Å²) in [7, 11) is 0. The maximum absolute atomic E-state index is 11.0. The lowest BCUT2D eigenvalue weighted by Crippen LogP contribution is -2.11. The largest absolute Gasteiger partial charge is 0.505 e. The second kappa shape index (κ2) is 7.66. The Morgan fingerprint density at radius 2 is 1.79 bits per heavy atom. The van der Waals surface area contributed by atoms with Crippen LogP contribution in [0.15, 0.2) is 83.7 Å². The number of anilines is 1. The molecule has 3 aromatic heterocycles. The van der Waals surface area contributed by atoms with Crippen LogP contribution in [0.1, 0.15) is 16.5 Å². The van der Waals surface area contributed by atoms with Crippen LogP contribution in [0.3, 0.4) is 0 Å². The Kier molecular flexibility index (Phi) is 4.71. The Balaban J connectivity index is 1.54. The number of nitrogens with one attached hydrogen (secondary N) is 1. The molecule has 142 valence electrons. The van der Waals surface area contributed by atoms with E-state index in [1.165, 1.54) is 0 Å². The van der Waals surface area contributed by atoms with E-state index in [-0.39, 0.29) is 11.8 Å². The number of aromatic hydroxyl groups is 1. The van der Waals surface area contributed by atoms with Gasteiger partial charge in [0, 0.05) is 33.0 Å². The highest BCUT2D eigenvalue weighted by Crippen LogP contribution is 2.38. The summed E-state index contributed by atoms with van der Waals surface area (Å²) in [6.45, 7) is 0. The van der Waals surface area contributed by atoms with E-state index >= 15 is 0 Å². The van der Waals surface area contributed by atoms with Crippen molar-refractivity contribution < 1.29 is 5.11 Å². The summed E-state index contributed by atoms with van der Waals surface area (Å²) in [5, 5.41) is 20.3. The number of thiazole rings is 1. The number of benzene rings is 2. The number of phenols is 1. The van der Waals surface area contributed by atoms with Gasteiger partial charge in [0.1, 0.15) is 11.3 Å². The molecule has 0 bridgehead atoms. The Labute approximate surface area is 176 Å². The summed E-state index contributed by atoms with van der Waals surface area (Å²) in [5.74, 6) is 0.203. The zero-order chi connectivity index (χ0) is 19.6. The summed E-state index contributed by atoms with van der Waals surface area (Å²) in [6, 6.07) is 21.8. The van der Waals surface area contributed by atoms with E-state index in [2.05, 4.69) is 28.5 Å². The number of nitrogens with zero attached hydrogens (tertiary/aromatic N) is 2. The highest BCUT2D eigenvalue weighted by Gasteiger charge is 2.22. The predicted molar refractivity (Wildman–Crippen MR) is 121 cm³/mol. The zero-order valence-electron chi connectivity index (χ0n) is 15.3. The van der Waals surface area contributed by atoms with Gasteiger partial charge in [-0.3, -0.25) is 4.98 Å². The number of rotatable bonds is 5. The topological polar surface area (TPSA) is 58.0 Å². The van der Waals surface area contributed by atoms with Crippen molar-refractivity contribution in [3.63, 3.8) is 0 Å². The van der Waals surface area contributed by atoms with Crippen molar-refractivity contribution in [2.45, 2.75) is 6.04 Å². The van der Waals surface area contributed by atoms with Crippen molar-refractivity contribution in [2.75, 3.05) is 5.32 Å². The molecule has 0 fully saturated rings. The molecule has 1 atom stereocenters. The molecule has 5 rings (SSSR count). The van der Waals surface area contributed by atoms with Gasteiger partial charge in [-0.05, 0) is 17.5 Å². The molecule has 0 amide bonds. The van der Waals surface area contributed by atoms with Gasteiger partial charge < -0.3 is 10.4 Å². The Morgan fingerprint density at radius 1 is 0.897 bits per heavy atom. The standard InChI is InChI=1S/C23H17N3OS2/c27-22-17(11-10-16-8-4-12-24-20(16)22)21(19-9-5-13-28-19)26-23-25-18(14-29-23)15-6-2-1-3-7-15/h1-14,21,27H,(H,25,26). The third-order valence-corrected chi connectivity index (χ3v) is 6.47. The fourth-order valence-corrected chi connectivity index (χ4v) is 4.88. The van der Waals surface area contributed by atoms with Gasteiger partial charge in [-0.1, -0.05) is 54.6 Å². The first-order valence-electron chi connectivity index (χ1n) is 9.17. The number of hydrogen-bond donors (Lipinski definition) is 2. The van der Waals surface area contributed by atoms with Crippen LogP contribution in [0.4, 0.5) is 5.13 Å². The number of hydrogen-bond acceptors (Lipinski definition) is 6. The highest BCUT2D eigenvalue weighted by atomic mass is 32.1. The zero-order valence-corrected chi connectivity index (χ0v) is 17.0. The molecule has 1 unspecified atom stereocenters. The lowest BCUT2D eigenvalue weighted by molar-refractivity contribution is 0.472. The molecule has 29 heavy (non-hydrogen) atoms. The van der Waals surface area contributed by atoms with E-state index in [0.29, 0.717) is 5.52 Å². The average Bonchev–Trinajstić information content (AvgIpc) is 3.46. The van der Waals surface area contributed by atoms with Crippen LogP contribution in [0.2, 0.25) is 0 Å². The molecule has 0 radical (unpaired) electrons. The second-order valence-corrected chi connectivity index (χ2v) is 8.41. The molecular formula is C23H17N3OS2. The molecular weight excluding hydrogens is 398 g/mol. The van der Waals surface area contributed by atoms with Crippen LogP contribution in [0, 0.1) is 0 Å². The Hall–Kier alpha value is -3.22. The molecule has 0 aliphatic heterocycles. The predicted octanol–water partition coefficient (Wildman–Crippen LogP) is 6.33. The molecule has 0 aliphatic carbocycles. The molecule has 0 saturated carbocycles. The smallest absolute Gasteiger partial charge is 0.183 e. The molecule has 4 nitrogen and oxygen atoms in total. The first-order chi connectivity index (χ1) is 14.3. The van der Waals surface area contributed by atoms with Gasteiger partial charge in [0.25, 0.3) is 0 Å². The molecule has 6 heteroatoms.